The zero-order valence-electron chi connectivity index (χ0n) is 19.4. The highest BCUT2D eigenvalue weighted by atomic mass is 19.4. The Bertz CT molecular complexity index is 1200. The summed E-state index contributed by atoms with van der Waals surface area (Å²) in [5.74, 6) is 1.69. The van der Waals surface area contributed by atoms with Crippen molar-refractivity contribution >= 4 is 17.6 Å². The van der Waals surface area contributed by atoms with Crippen LogP contribution in [0.2, 0.25) is 0 Å². The largest absolute Gasteiger partial charge is 0.416 e. The Hall–Kier alpha value is -3.28. The number of aromatic nitrogens is 5. The lowest BCUT2D eigenvalue weighted by molar-refractivity contribution is -0.137. The fourth-order valence-corrected chi connectivity index (χ4v) is 4.54. The molecule has 0 spiro atoms. The molecule has 0 amide bonds. The number of likely N-dealkylation sites (tertiary alicyclic amines) is 1. The van der Waals surface area contributed by atoms with Crippen LogP contribution in [-0.4, -0.2) is 61.7 Å². The van der Waals surface area contributed by atoms with Crippen LogP contribution in [0.25, 0.3) is 0 Å². The predicted octanol–water partition coefficient (Wildman–Crippen LogP) is 4.20. The number of alkyl halides is 4. The summed E-state index contributed by atoms with van der Waals surface area (Å²) in [5.41, 5.74) is -0.361. The molecule has 3 aromatic rings. The van der Waals surface area contributed by atoms with Crippen LogP contribution >= 0.6 is 0 Å². The number of rotatable bonds is 6. The number of H-pyrrole nitrogens is 1. The number of nitrogens with zero attached hydrogens (tertiary/aromatic N) is 6. The van der Waals surface area contributed by atoms with E-state index in [9.17, 15) is 17.6 Å². The van der Waals surface area contributed by atoms with Crippen LogP contribution in [-0.2, 0) is 12.7 Å². The summed E-state index contributed by atoms with van der Waals surface area (Å²) in [5, 5.41) is 2.89. The molecule has 0 aliphatic carbocycles. The van der Waals surface area contributed by atoms with Crippen LogP contribution in [0.4, 0.5) is 35.1 Å². The lowest BCUT2D eigenvalue weighted by Crippen LogP contribution is -2.58. The van der Waals surface area contributed by atoms with Crippen molar-refractivity contribution in [2.75, 3.05) is 36.4 Å². The highest BCUT2D eigenvalue weighted by Crippen LogP contribution is 2.34. The fraction of sp³-hybridized carbons (Fsp3) is 0.478. The summed E-state index contributed by atoms with van der Waals surface area (Å²) in [6.45, 7) is 6.08. The SMILES string of the molecule is Cc1cnc(CN2CCC(c3cc(Nc4cc(C(F)(F)F)ccn4)nc(N4CC(C)(F)C4)n3)C2)[nH]1. The zero-order valence-corrected chi connectivity index (χ0v) is 19.4. The van der Waals surface area contributed by atoms with Crippen LogP contribution in [0.15, 0.2) is 30.6 Å². The number of pyridine rings is 1. The van der Waals surface area contributed by atoms with E-state index in [1.54, 1.807) is 17.2 Å². The van der Waals surface area contributed by atoms with Gasteiger partial charge in [-0.15, -0.1) is 0 Å². The third-order valence-corrected chi connectivity index (χ3v) is 6.22. The van der Waals surface area contributed by atoms with E-state index in [-0.39, 0.29) is 24.8 Å². The highest BCUT2D eigenvalue weighted by Gasteiger charge is 2.41. The van der Waals surface area contributed by atoms with E-state index in [4.69, 9.17) is 4.98 Å². The molecular formula is C23H26F4N8. The minimum absolute atomic E-state index is 0.0237. The molecule has 35 heavy (non-hydrogen) atoms. The third-order valence-electron chi connectivity index (χ3n) is 6.22. The molecule has 1 unspecified atom stereocenters. The topological polar surface area (TPSA) is 85.9 Å². The van der Waals surface area contributed by atoms with Gasteiger partial charge in [-0.05, 0) is 38.9 Å². The lowest BCUT2D eigenvalue weighted by atomic mass is 10.00. The summed E-state index contributed by atoms with van der Waals surface area (Å²) >= 11 is 0. The van der Waals surface area contributed by atoms with E-state index in [2.05, 4.69) is 30.2 Å². The third kappa shape index (κ3) is 5.37. The maximum atomic E-state index is 14.2. The van der Waals surface area contributed by atoms with Crippen molar-refractivity contribution in [3.05, 3.63) is 53.4 Å². The number of aromatic amines is 1. The molecule has 2 N–H and O–H groups in total. The summed E-state index contributed by atoms with van der Waals surface area (Å²) < 4.78 is 53.6. The Kier molecular flexibility index (Phi) is 5.86. The van der Waals surface area contributed by atoms with E-state index in [1.165, 1.54) is 6.92 Å². The van der Waals surface area contributed by atoms with E-state index in [0.29, 0.717) is 18.3 Å². The van der Waals surface area contributed by atoms with Crippen molar-refractivity contribution in [1.82, 2.24) is 29.8 Å². The summed E-state index contributed by atoms with van der Waals surface area (Å²) in [6, 6.07) is 3.59. The van der Waals surface area contributed by atoms with Gasteiger partial charge in [-0.25, -0.2) is 19.3 Å². The number of imidazole rings is 1. The Labute approximate surface area is 199 Å². The molecule has 0 radical (unpaired) electrons. The van der Waals surface area contributed by atoms with Gasteiger partial charge in [0.1, 0.15) is 23.1 Å². The number of hydrogen-bond acceptors (Lipinski definition) is 7. The molecule has 0 bridgehead atoms. The summed E-state index contributed by atoms with van der Waals surface area (Å²) in [6.07, 6.45) is -0.725. The van der Waals surface area contributed by atoms with Gasteiger partial charge < -0.3 is 15.2 Å². The first kappa shape index (κ1) is 23.5. The van der Waals surface area contributed by atoms with Crippen molar-refractivity contribution in [3.63, 3.8) is 0 Å². The van der Waals surface area contributed by atoms with E-state index < -0.39 is 17.4 Å². The van der Waals surface area contributed by atoms with Crippen molar-refractivity contribution < 1.29 is 17.6 Å². The van der Waals surface area contributed by atoms with Gasteiger partial charge in [0.05, 0.1) is 30.9 Å². The van der Waals surface area contributed by atoms with Gasteiger partial charge in [0, 0.05) is 36.6 Å². The molecule has 0 saturated carbocycles. The van der Waals surface area contributed by atoms with Crippen molar-refractivity contribution in [2.45, 2.75) is 44.6 Å². The molecular weight excluding hydrogens is 464 g/mol. The first-order chi connectivity index (χ1) is 16.5. The quantitative estimate of drug-likeness (QED) is 0.501. The van der Waals surface area contributed by atoms with Crippen molar-refractivity contribution in [2.24, 2.45) is 0 Å². The molecule has 8 nitrogen and oxygen atoms in total. The van der Waals surface area contributed by atoms with Gasteiger partial charge >= 0.3 is 6.18 Å². The molecule has 3 aromatic heterocycles. The van der Waals surface area contributed by atoms with Crippen LogP contribution in [0.5, 0.6) is 0 Å². The molecule has 186 valence electrons. The number of aryl methyl sites for hydroxylation is 1. The second-order valence-electron chi connectivity index (χ2n) is 9.53. The minimum Gasteiger partial charge on any atom is -0.345 e. The van der Waals surface area contributed by atoms with Gasteiger partial charge in [0.2, 0.25) is 5.95 Å². The predicted molar refractivity (Wildman–Crippen MR) is 122 cm³/mol. The van der Waals surface area contributed by atoms with Crippen molar-refractivity contribution in [3.8, 4) is 0 Å². The van der Waals surface area contributed by atoms with E-state index in [0.717, 1.165) is 55.1 Å². The van der Waals surface area contributed by atoms with Gasteiger partial charge in [0.15, 0.2) is 0 Å². The van der Waals surface area contributed by atoms with Gasteiger partial charge in [-0.1, -0.05) is 0 Å². The monoisotopic (exact) mass is 490 g/mol. The van der Waals surface area contributed by atoms with Gasteiger partial charge in [-0.3, -0.25) is 4.90 Å². The summed E-state index contributed by atoms with van der Waals surface area (Å²) in [4.78, 5) is 24.8. The van der Waals surface area contributed by atoms with Gasteiger partial charge in [-0.2, -0.15) is 18.2 Å². The number of hydrogen-bond donors (Lipinski definition) is 2. The van der Waals surface area contributed by atoms with Crippen molar-refractivity contribution in [1.29, 1.82) is 0 Å². The van der Waals surface area contributed by atoms with Crippen LogP contribution in [0, 0.1) is 6.92 Å². The average molecular weight is 491 g/mol. The molecule has 1 atom stereocenters. The van der Waals surface area contributed by atoms with Gasteiger partial charge in [0.25, 0.3) is 0 Å². The Balaban J connectivity index is 1.38. The molecule has 5 rings (SSSR count). The molecule has 2 aliphatic rings. The smallest absolute Gasteiger partial charge is 0.345 e. The minimum atomic E-state index is -4.48. The number of nitrogens with one attached hydrogen (secondary N) is 2. The van der Waals surface area contributed by atoms with E-state index in [1.807, 2.05) is 6.92 Å². The molecule has 2 fully saturated rings. The molecule has 2 saturated heterocycles. The Morgan fingerprint density at radius 1 is 1.17 bits per heavy atom. The normalized spacial score (nSPS) is 20.2. The second-order valence-corrected chi connectivity index (χ2v) is 9.53. The second kappa shape index (κ2) is 8.74. The zero-order chi connectivity index (χ0) is 24.8. The first-order valence-corrected chi connectivity index (χ1v) is 11.4. The molecule has 5 heterocycles. The molecule has 12 heteroatoms. The fourth-order valence-electron chi connectivity index (χ4n) is 4.54. The van der Waals surface area contributed by atoms with Crippen LogP contribution in [0.3, 0.4) is 0 Å². The molecule has 0 aromatic carbocycles. The van der Waals surface area contributed by atoms with E-state index >= 15 is 0 Å². The number of anilines is 3. The van der Waals surface area contributed by atoms with Crippen LogP contribution < -0.4 is 10.2 Å². The lowest BCUT2D eigenvalue weighted by Gasteiger charge is -2.42. The Morgan fingerprint density at radius 3 is 2.66 bits per heavy atom. The van der Waals surface area contributed by atoms with Crippen LogP contribution in [0.1, 0.15) is 42.0 Å². The first-order valence-electron chi connectivity index (χ1n) is 11.4. The number of halogens is 4. The molecule has 2 aliphatic heterocycles. The summed E-state index contributed by atoms with van der Waals surface area (Å²) in [7, 11) is 0. The Morgan fingerprint density at radius 2 is 1.97 bits per heavy atom. The maximum Gasteiger partial charge on any atom is 0.416 e. The average Bonchev–Trinajstić information content (AvgIpc) is 3.40. The maximum absolute atomic E-state index is 14.2. The highest BCUT2D eigenvalue weighted by molar-refractivity contribution is 5.56. The standard InChI is InChI=1S/C23H26F4N8/c1-14-9-29-20(30-14)11-34-6-4-15(10-34)17-8-19(33-21(31-17)35-12-22(2,24)13-35)32-18-7-16(3-5-28-18)23(25,26)27/h3,5,7-9,15H,4,6,10-13H2,1-2H3,(H,29,30)(H,28,31,32,33).